The molecule has 1 aliphatic carbocycles. The molecule has 63 heavy (non-hydrogen) atoms. The smallest absolute Gasteiger partial charge is 0.0547 e. The Morgan fingerprint density at radius 1 is 0.206 bits per heavy atom. The highest BCUT2D eigenvalue weighted by Crippen LogP contribution is 2.52. The molecule has 0 saturated carbocycles. The van der Waals surface area contributed by atoms with Crippen LogP contribution in [0.3, 0.4) is 0 Å². The van der Waals surface area contributed by atoms with Crippen molar-refractivity contribution in [1.29, 1.82) is 0 Å². The number of fused-ring (bicyclic) bond motifs is 17. The summed E-state index contributed by atoms with van der Waals surface area (Å²) in [6.07, 6.45) is 0. The van der Waals surface area contributed by atoms with E-state index in [1.165, 1.54) is 110 Å². The molecule has 0 atom stereocenters. The van der Waals surface area contributed by atoms with Crippen molar-refractivity contribution in [2.45, 2.75) is 0 Å². The van der Waals surface area contributed by atoms with E-state index in [9.17, 15) is 0 Å². The molecule has 3 heteroatoms. The van der Waals surface area contributed by atoms with Gasteiger partial charge in [0, 0.05) is 49.1 Å². The zero-order chi connectivity index (χ0) is 41.2. The fourth-order valence-corrected chi connectivity index (χ4v) is 11.1. The minimum Gasteiger partial charge on any atom is -0.309 e. The molecule has 0 fully saturated rings. The first-order chi connectivity index (χ1) is 31.3. The van der Waals surface area contributed by atoms with E-state index in [1.54, 1.807) is 0 Å². The van der Waals surface area contributed by atoms with Crippen molar-refractivity contribution < 1.29 is 0 Å². The van der Waals surface area contributed by atoms with Gasteiger partial charge in [-0.15, -0.1) is 0 Å². The Bertz CT molecular complexity index is 3930. The number of para-hydroxylation sites is 5. The molecule has 10 aromatic carbocycles. The number of hydrogen-bond donors (Lipinski definition) is 0. The van der Waals surface area contributed by atoms with Crippen LogP contribution in [0.25, 0.3) is 127 Å². The highest BCUT2D eigenvalue weighted by atomic mass is 15.0. The van der Waals surface area contributed by atoms with Crippen LogP contribution in [0.15, 0.2) is 224 Å². The maximum atomic E-state index is 2.52. The third-order valence-electron chi connectivity index (χ3n) is 13.6. The predicted molar refractivity (Wildman–Crippen MR) is 265 cm³/mol. The van der Waals surface area contributed by atoms with Gasteiger partial charge in [0.1, 0.15) is 0 Å². The van der Waals surface area contributed by atoms with Crippen molar-refractivity contribution in [3.63, 3.8) is 0 Å². The molecule has 3 aromatic heterocycles. The van der Waals surface area contributed by atoms with E-state index < -0.39 is 0 Å². The predicted octanol–water partition coefficient (Wildman–Crippen LogP) is 16.0. The molecule has 1 aliphatic rings. The second kappa shape index (κ2) is 13.1. The van der Waals surface area contributed by atoms with Crippen molar-refractivity contribution >= 4 is 65.4 Å². The van der Waals surface area contributed by atoms with Gasteiger partial charge >= 0.3 is 0 Å². The molecule has 0 unspecified atom stereocenters. The molecule has 0 aliphatic heterocycles. The fourth-order valence-electron chi connectivity index (χ4n) is 11.1. The average molecular weight is 800 g/mol. The van der Waals surface area contributed by atoms with E-state index in [0.29, 0.717) is 0 Å². The van der Waals surface area contributed by atoms with Crippen LogP contribution in [0.4, 0.5) is 0 Å². The third kappa shape index (κ3) is 4.74. The summed E-state index contributed by atoms with van der Waals surface area (Å²) in [5.74, 6) is 0. The Kier molecular flexibility index (Phi) is 7.11. The molecular formula is C60H37N3. The number of benzene rings is 10. The van der Waals surface area contributed by atoms with Crippen molar-refractivity contribution in [1.82, 2.24) is 13.7 Å². The van der Waals surface area contributed by atoms with Gasteiger partial charge in [0.15, 0.2) is 0 Å². The number of nitrogens with zero attached hydrogens (tertiary/aromatic N) is 3. The molecule has 13 aromatic rings. The summed E-state index contributed by atoms with van der Waals surface area (Å²) >= 11 is 0. The monoisotopic (exact) mass is 799 g/mol. The van der Waals surface area contributed by atoms with Crippen LogP contribution < -0.4 is 0 Å². The molecule has 0 amide bonds. The first kappa shape index (κ1) is 34.3. The summed E-state index contributed by atoms with van der Waals surface area (Å²) in [4.78, 5) is 0. The van der Waals surface area contributed by atoms with E-state index in [0.717, 1.165) is 17.1 Å². The molecule has 14 rings (SSSR count). The fraction of sp³-hybridized carbons (Fsp3) is 0. The molecule has 0 radical (unpaired) electrons. The normalized spacial score (nSPS) is 12.1. The second-order valence-corrected chi connectivity index (χ2v) is 16.8. The quantitative estimate of drug-likeness (QED) is 0.169. The summed E-state index contributed by atoms with van der Waals surface area (Å²) in [5.41, 5.74) is 20.4. The first-order valence-corrected chi connectivity index (χ1v) is 21.8. The molecule has 292 valence electrons. The summed E-state index contributed by atoms with van der Waals surface area (Å²) in [5, 5.41) is 7.48. The number of aromatic nitrogens is 3. The minimum absolute atomic E-state index is 1.15. The van der Waals surface area contributed by atoms with E-state index in [1.807, 2.05) is 0 Å². The summed E-state index contributed by atoms with van der Waals surface area (Å²) < 4.78 is 7.44. The van der Waals surface area contributed by atoms with Crippen molar-refractivity contribution in [3.8, 4) is 61.6 Å². The Morgan fingerprint density at radius 3 is 1.05 bits per heavy atom. The van der Waals surface area contributed by atoms with E-state index in [4.69, 9.17) is 0 Å². The number of rotatable bonds is 3. The van der Waals surface area contributed by atoms with Gasteiger partial charge in [-0.3, -0.25) is 0 Å². The first-order valence-electron chi connectivity index (χ1n) is 21.8. The Morgan fingerprint density at radius 2 is 0.540 bits per heavy atom. The Hall–Kier alpha value is -8.40. The lowest BCUT2D eigenvalue weighted by atomic mass is 9.79. The molecule has 0 spiro atoms. The lowest BCUT2D eigenvalue weighted by Crippen LogP contribution is -2.05. The highest BCUT2D eigenvalue weighted by molar-refractivity contribution is 6.15. The highest BCUT2D eigenvalue weighted by Gasteiger charge is 2.28. The van der Waals surface area contributed by atoms with Gasteiger partial charge in [-0.05, 0) is 94.0 Å². The zero-order valence-corrected chi connectivity index (χ0v) is 34.2. The van der Waals surface area contributed by atoms with Crippen LogP contribution in [0, 0.1) is 0 Å². The lowest BCUT2D eigenvalue weighted by molar-refractivity contribution is 1.16. The van der Waals surface area contributed by atoms with Crippen LogP contribution in [0.1, 0.15) is 0 Å². The molecule has 3 heterocycles. The Labute approximate surface area is 363 Å². The van der Waals surface area contributed by atoms with Crippen LogP contribution in [0.5, 0.6) is 0 Å². The largest absolute Gasteiger partial charge is 0.309 e. The van der Waals surface area contributed by atoms with Gasteiger partial charge in [0.25, 0.3) is 0 Å². The maximum absolute atomic E-state index is 2.52. The molecule has 0 bridgehead atoms. The third-order valence-corrected chi connectivity index (χ3v) is 13.6. The van der Waals surface area contributed by atoms with Gasteiger partial charge in [-0.1, -0.05) is 164 Å². The van der Waals surface area contributed by atoms with Crippen LogP contribution in [0.2, 0.25) is 0 Å². The van der Waals surface area contributed by atoms with Crippen LogP contribution >= 0.6 is 0 Å². The lowest BCUT2D eigenvalue weighted by Gasteiger charge is -2.27. The van der Waals surface area contributed by atoms with Gasteiger partial charge < -0.3 is 13.7 Å². The van der Waals surface area contributed by atoms with Crippen molar-refractivity contribution in [3.05, 3.63) is 224 Å². The van der Waals surface area contributed by atoms with Crippen LogP contribution in [-0.4, -0.2) is 13.7 Å². The second-order valence-electron chi connectivity index (χ2n) is 16.8. The van der Waals surface area contributed by atoms with Gasteiger partial charge in [-0.25, -0.2) is 0 Å². The average Bonchev–Trinajstić information content (AvgIpc) is 3.99. The SMILES string of the molecule is c1ccc2c(c1)-c1ccccc1-c1c(cccc1-n1c3ccccc3c3cc(-n4c5ccccc5c5ccccc54)ccc31)-c1c-2cccc1-n1c2ccccc2c2ccccc21. The topological polar surface area (TPSA) is 14.8 Å². The molecule has 0 saturated heterocycles. The van der Waals surface area contributed by atoms with Crippen molar-refractivity contribution in [2.75, 3.05) is 0 Å². The van der Waals surface area contributed by atoms with Gasteiger partial charge in [-0.2, -0.15) is 0 Å². The zero-order valence-electron chi connectivity index (χ0n) is 34.2. The summed E-state index contributed by atoms with van der Waals surface area (Å²) in [6.45, 7) is 0. The summed E-state index contributed by atoms with van der Waals surface area (Å²) in [6, 6.07) is 83.0. The van der Waals surface area contributed by atoms with E-state index in [-0.39, 0.29) is 0 Å². The summed E-state index contributed by atoms with van der Waals surface area (Å²) in [7, 11) is 0. The van der Waals surface area contributed by atoms with Crippen LogP contribution in [-0.2, 0) is 0 Å². The van der Waals surface area contributed by atoms with Crippen molar-refractivity contribution in [2.24, 2.45) is 0 Å². The molecule has 3 nitrogen and oxygen atoms in total. The minimum atomic E-state index is 1.15. The maximum Gasteiger partial charge on any atom is 0.0547 e. The molecular weight excluding hydrogens is 763 g/mol. The Balaban J connectivity index is 1.11. The molecule has 0 N–H and O–H groups in total. The number of hydrogen-bond acceptors (Lipinski definition) is 0. The van der Waals surface area contributed by atoms with Gasteiger partial charge in [0.05, 0.1) is 44.5 Å². The van der Waals surface area contributed by atoms with Gasteiger partial charge in [0.2, 0.25) is 0 Å². The van der Waals surface area contributed by atoms with E-state index in [2.05, 4.69) is 238 Å². The van der Waals surface area contributed by atoms with E-state index >= 15 is 0 Å². The standard InChI is InChI=1S/C60H37N3/c1-2-18-41-39(17-1)40-19-3-4-25-47(40)59-49(60-48(41)26-15-33-57(60)62-53-30-12-7-22-44(53)45-23-8-13-31-54(45)62)27-16-34-58(59)63-55-32-14-9-24-46(55)50-37-38(35-36-56(50)63)61-51-28-10-5-20-42(51)43-21-6-11-29-52(43)61/h1-37H.